The van der Waals surface area contributed by atoms with Gasteiger partial charge in [0.15, 0.2) is 6.61 Å². The van der Waals surface area contributed by atoms with Crippen LogP contribution in [0.4, 0.5) is 13.2 Å². The van der Waals surface area contributed by atoms with Crippen LogP contribution in [0.1, 0.15) is 30.1 Å². The third-order valence-electron chi connectivity index (χ3n) is 5.88. The van der Waals surface area contributed by atoms with Crippen LogP contribution < -0.4 is 5.69 Å². The van der Waals surface area contributed by atoms with Crippen molar-refractivity contribution in [3.8, 4) is 0 Å². The number of aromatic nitrogens is 3. The number of nitrogens with zero attached hydrogens (tertiary/aromatic N) is 6. The van der Waals surface area contributed by atoms with Crippen LogP contribution in [0.2, 0.25) is 0 Å². The highest BCUT2D eigenvalue weighted by molar-refractivity contribution is 5.93. The molecule has 180 valence electrons. The third kappa shape index (κ3) is 5.04. The van der Waals surface area contributed by atoms with E-state index in [2.05, 4.69) is 26.8 Å². The van der Waals surface area contributed by atoms with Crippen molar-refractivity contribution in [3.05, 3.63) is 64.1 Å². The highest BCUT2D eigenvalue weighted by Crippen LogP contribution is 2.26. The number of halogens is 3. The van der Waals surface area contributed by atoms with Gasteiger partial charge in [-0.1, -0.05) is 0 Å². The van der Waals surface area contributed by atoms with E-state index in [-0.39, 0.29) is 24.2 Å². The summed E-state index contributed by atoms with van der Waals surface area (Å²) >= 11 is 0. The summed E-state index contributed by atoms with van der Waals surface area (Å²) in [5, 5.41) is 6.98. The van der Waals surface area contributed by atoms with E-state index >= 15 is 0 Å². The monoisotopic (exact) mass is 474 g/mol. The Labute approximate surface area is 194 Å². The van der Waals surface area contributed by atoms with Gasteiger partial charge in [-0.2, -0.15) is 5.10 Å². The summed E-state index contributed by atoms with van der Waals surface area (Å²) < 4.78 is 47.3. The summed E-state index contributed by atoms with van der Waals surface area (Å²) in [6.07, 6.45) is 0.388. The fourth-order valence-corrected chi connectivity index (χ4v) is 4.19. The molecular weight excluding hydrogens is 449 g/mol. The molecule has 0 bridgehead atoms. The zero-order valence-corrected chi connectivity index (χ0v) is 18.7. The molecule has 1 fully saturated rings. The van der Waals surface area contributed by atoms with Crippen molar-refractivity contribution in [2.24, 2.45) is 10.2 Å². The Morgan fingerprint density at radius 3 is 2.65 bits per heavy atom. The van der Waals surface area contributed by atoms with Gasteiger partial charge in [-0.25, -0.2) is 18.0 Å². The van der Waals surface area contributed by atoms with Crippen molar-refractivity contribution in [2.75, 3.05) is 26.7 Å². The van der Waals surface area contributed by atoms with Crippen LogP contribution in [0.5, 0.6) is 0 Å². The average molecular weight is 474 g/mol. The molecule has 1 aromatic carbocycles. The number of piperidine rings is 1. The van der Waals surface area contributed by atoms with Crippen molar-refractivity contribution in [3.63, 3.8) is 0 Å². The lowest BCUT2D eigenvalue weighted by molar-refractivity contribution is 0.0765. The minimum absolute atomic E-state index is 0.0328. The predicted molar refractivity (Wildman–Crippen MR) is 123 cm³/mol. The smallest absolute Gasteiger partial charge is 0.329 e. The highest BCUT2D eigenvalue weighted by atomic mass is 19.3. The lowest BCUT2D eigenvalue weighted by atomic mass is 10.1. The van der Waals surface area contributed by atoms with Crippen LogP contribution in [0.3, 0.4) is 0 Å². The van der Waals surface area contributed by atoms with E-state index in [0.29, 0.717) is 22.3 Å². The van der Waals surface area contributed by atoms with E-state index < -0.39 is 18.8 Å². The first-order valence-corrected chi connectivity index (χ1v) is 10.9. The average Bonchev–Trinajstić information content (AvgIpc) is 3.08. The van der Waals surface area contributed by atoms with Crippen LogP contribution in [0.25, 0.3) is 11.0 Å². The number of imidazole rings is 1. The minimum atomic E-state index is -2.67. The maximum atomic E-state index is 14.1. The van der Waals surface area contributed by atoms with E-state index in [1.807, 2.05) is 7.05 Å². The van der Waals surface area contributed by atoms with Gasteiger partial charge in [-0.15, -0.1) is 5.10 Å². The molecule has 2 aromatic heterocycles. The van der Waals surface area contributed by atoms with E-state index in [9.17, 15) is 18.0 Å². The minimum Gasteiger partial charge on any atom is -0.470 e. The molecule has 11 heteroatoms. The number of ether oxygens (including phenoxy) is 1. The summed E-state index contributed by atoms with van der Waals surface area (Å²) in [5.41, 5.74) is 1.82. The summed E-state index contributed by atoms with van der Waals surface area (Å²) in [7, 11) is 2.05. The zero-order valence-electron chi connectivity index (χ0n) is 18.7. The maximum absolute atomic E-state index is 14.1. The third-order valence-corrected chi connectivity index (χ3v) is 5.88. The molecule has 0 aliphatic carbocycles. The van der Waals surface area contributed by atoms with Crippen molar-refractivity contribution in [2.45, 2.75) is 31.9 Å². The van der Waals surface area contributed by atoms with Gasteiger partial charge in [0, 0.05) is 19.0 Å². The topological polar surface area (TPSA) is 77.0 Å². The van der Waals surface area contributed by atoms with Crippen molar-refractivity contribution >= 4 is 23.6 Å². The number of hydrogen-bond donors (Lipinski definition) is 0. The molecule has 0 spiro atoms. The molecule has 0 unspecified atom stereocenters. The Balaban J connectivity index is 1.65. The van der Waals surface area contributed by atoms with Gasteiger partial charge in [-0.05, 0) is 63.3 Å². The van der Waals surface area contributed by atoms with Crippen LogP contribution >= 0.6 is 0 Å². The zero-order chi connectivity index (χ0) is 24.2. The van der Waals surface area contributed by atoms with Crippen LogP contribution in [-0.2, 0) is 11.3 Å². The lowest BCUT2D eigenvalue weighted by Crippen LogP contribution is -2.36. The van der Waals surface area contributed by atoms with Gasteiger partial charge >= 0.3 is 5.69 Å². The van der Waals surface area contributed by atoms with Crippen molar-refractivity contribution in [1.29, 1.82) is 0 Å². The molecule has 0 atom stereocenters. The van der Waals surface area contributed by atoms with Gasteiger partial charge in [0.1, 0.15) is 5.82 Å². The molecule has 1 aliphatic rings. The summed E-state index contributed by atoms with van der Waals surface area (Å²) in [6, 6.07) is 7.60. The molecule has 3 heterocycles. The molecule has 8 nitrogen and oxygen atoms in total. The summed E-state index contributed by atoms with van der Waals surface area (Å²) in [4.78, 5) is 20.0. The van der Waals surface area contributed by atoms with Gasteiger partial charge in [0.2, 0.25) is 5.90 Å². The van der Waals surface area contributed by atoms with E-state index in [4.69, 9.17) is 4.74 Å². The molecule has 1 saturated heterocycles. The lowest BCUT2D eigenvalue weighted by Gasteiger charge is -2.29. The van der Waals surface area contributed by atoms with E-state index in [1.165, 1.54) is 22.9 Å². The van der Waals surface area contributed by atoms with Gasteiger partial charge in [0.05, 0.1) is 28.8 Å². The molecule has 1 aliphatic heterocycles. The number of pyridine rings is 1. The van der Waals surface area contributed by atoms with Crippen molar-refractivity contribution < 1.29 is 17.9 Å². The van der Waals surface area contributed by atoms with E-state index in [0.717, 1.165) is 25.9 Å². The molecular formula is C23H25F3N6O2. The second kappa shape index (κ2) is 10.2. The molecule has 0 saturated carbocycles. The maximum Gasteiger partial charge on any atom is 0.329 e. The standard InChI is InChI=1S/C23H25F3N6O2/c1-27-29-22(34-14-21(25)26)15-3-5-17(28-12-15)13-31-20-11-16(24)4-6-19(20)32(23(31)33)18-7-9-30(2)10-8-18/h3-6,11-12,18,21H,1,7-10,13-14H2,2H3/b29-22-. The number of rotatable bonds is 7. The predicted octanol–water partition coefficient (Wildman–Crippen LogP) is 3.30. The fourth-order valence-electron chi connectivity index (χ4n) is 4.19. The van der Waals surface area contributed by atoms with Gasteiger partial charge in [0.25, 0.3) is 6.43 Å². The second-order valence-corrected chi connectivity index (χ2v) is 8.19. The van der Waals surface area contributed by atoms with Crippen LogP contribution in [0, 0.1) is 5.82 Å². The molecule has 0 amide bonds. The first-order chi connectivity index (χ1) is 16.4. The number of fused-ring (bicyclic) bond motifs is 1. The SMILES string of the molecule is C=N/N=C(\OCC(F)F)c1ccc(Cn2c(=O)n(C3CCN(C)CC3)c3ccc(F)cc32)nc1. The fraction of sp³-hybridized carbons (Fsp3) is 0.391. The molecule has 34 heavy (non-hydrogen) atoms. The molecule has 0 N–H and O–H groups in total. The normalized spacial score (nSPS) is 15.9. The number of benzene rings is 1. The quantitative estimate of drug-likeness (QED) is 0.299. The number of likely N-dealkylation sites (tertiary alicyclic amines) is 1. The van der Waals surface area contributed by atoms with Gasteiger partial charge in [-0.3, -0.25) is 14.1 Å². The Hall–Kier alpha value is -3.47. The number of alkyl halides is 2. The van der Waals surface area contributed by atoms with E-state index in [1.54, 1.807) is 22.8 Å². The molecule has 0 radical (unpaired) electrons. The first-order valence-electron chi connectivity index (χ1n) is 10.9. The molecule has 4 rings (SSSR count). The Morgan fingerprint density at radius 2 is 2.00 bits per heavy atom. The highest BCUT2D eigenvalue weighted by Gasteiger charge is 2.24. The van der Waals surface area contributed by atoms with Crippen LogP contribution in [-0.4, -0.2) is 64.8 Å². The largest absolute Gasteiger partial charge is 0.470 e. The van der Waals surface area contributed by atoms with Crippen LogP contribution in [0.15, 0.2) is 51.5 Å². The Morgan fingerprint density at radius 1 is 1.24 bits per heavy atom. The van der Waals surface area contributed by atoms with Crippen molar-refractivity contribution in [1.82, 2.24) is 19.0 Å². The Bertz CT molecular complexity index is 1240. The molecule has 3 aromatic rings. The first kappa shape index (κ1) is 23.7. The Kier molecular flexibility index (Phi) is 7.11. The number of hydrogen-bond acceptors (Lipinski definition) is 6. The second-order valence-electron chi connectivity index (χ2n) is 8.19. The van der Waals surface area contributed by atoms with Gasteiger partial charge < -0.3 is 9.64 Å². The summed E-state index contributed by atoms with van der Waals surface area (Å²) in [6.45, 7) is 4.25. The summed E-state index contributed by atoms with van der Waals surface area (Å²) in [5.74, 6) is -0.563.